The summed E-state index contributed by atoms with van der Waals surface area (Å²) in [5.74, 6) is 0. The molecule has 2 nitrogen and oxygen atoms in total. The number of hydrogen-bond acceptors (Lipinski definition) is 2. The SMILES string of the molecule is CCC(C)N/C=C(\N)c1ccc2ccccc2c1. The van der Waals surface area contributed by atoms with Crippen molar-refractivity contribution in [3.05, 3.63) is 54.2 Å². The Balaban J connectivity index is 2.25. The third-order valence-corrected chi connectivity index (χ3v) is 3.22. The fraction of sp³-hybridized carbons (Fsp3) is 0.250. The van der Waals surface area contributed by atoms with E-state index in [1.54, 1.807) is 0 Å². The Kier molecular flexibility index (Phi) is 3.88. The highest BCUT2D eigenvalue weighted by atomic mass is 14.9. The summed E-state index contributed by atoms with van der Waals surface area (Å²) in [6.45, 7) is 4.29. The molecule has 3 N–H and O–H groups in total. The zero-order valence-electron chi connectivity index (χ0n) is 11.0. The summed E-state index contributed by atoms with van der Waals surface area (Å²) in [7, 11) is 0. The normalized spacial score (nSPS) is 13.6. The first-order chi connectivity index (χ1) is 8.70. The molecule has 2 aromatic carbocycles. The maximum absolute atomic E-state index is 6.09. The Hall–Kier alpha value is -1.96. The smallest absolute Gasteiger partial charge is 0.0547 e. The van der Waals surface area contributed by atoms with Gasteiger partial charge in [-0.25, -0.2) is 0 Å². The first kappa shape index (κ1) is 12.5. The number of rotatable bonds is 4. The summed E-state index contributed by atoms with van der Waals surface area (Å²) in [6.07, 6.45) is 2.99. The van der Waals surface area contributed by atoms with Gasteiger partial charge in [0.15, 0.2) is 0 Å². The van der Waals surface area contributed by atoms with E-state index in [-0.39, 0.29) is 0 Å². The average Bonchev–Trinajstić information content (AvgIpc) is 2.43. The van der Waals surface area contributed by atoms with Crippen LogP contribution in [0.25, 0.3) is 16.5 Å². The van der Waals surface area contributed by atoms with Crippen molar-refractivity contribution >= 4 is 16.5 Å². The van der Waals surface area contributed by atoms with Crippen molar-refractivity contribution in [1.82, 2.24) is 5.32 Å². The fourth-order valence-electron chi connectivity index (χ4n) is 1.80. The van der Waals surface area contributed by atoms with Crippen molar-refractivity contribution in [3.8, 4) is 0 Å². The molecule has 94 valence electrons. The fourth-order valence-corrected chi connectivity index (χ4v) is 1.80. The zero-order valence-corrected chi connectivity index (χ0v) is 11.0. The van der Waals surface area contributed by atoms with Crippen LogP contribution in [0.3, 0.4) is 0 Å². The van der Waals surface area contributed by atoms with Crippen molar-refractivity contribution in [1.29, 1.82) is 0 Å². The maximum Gasteiger partial charge on any atom is 0.0547 e. The van der Waals surface area contributed by atoms with Crippen LogP contribution in [-0.4, -0.2) is 6.04 Å². The highest BCUT2D eigenvalue weighted by Crippen LogP contribution is 2.18. The van der Waals surface area contributed by atoms with Gasteiger partial charge in [-0.15, -0.1) is 0 Å². The predicted molar refractivity (Wildman–Crippen MR) is 79.0 cm³/mol. The van der Waals surface area contributed by atoms with Gasteiger partial charge < -0.3 is 11.1 Å². The molecule has 0 aromatic heterocycles. The molecular weight excluding hydrogens is 220 g/mol. The van der Waals surface area contributed by atoms with Crippen LogP contribution in [0, 0.1) is 0 Å². The molecule has 0 spiro atoms. The van der Waals surface area contributed by atoms with Crippen LogP contribution >= 0.6 is 0 Å². The van der Waals surface area contributed by atoms with Gasteiger partial charge in [0, 0.05) is 12.2 Å². The Morgan fingerprint density at radius 1 is 1.22 bits per heavy atom. The zero-order chi connectivity index (χ0) is 13.0. The lowest BCUT2D eigenvalue weighted by Gasteiger charge is -2.10. The molecule has 0 aliphatic heterocycles. The van der Waals surface area contributed by atoms with Gasteiger partial charge in [0.05, 0.1) is 5.70 Å². The minimum absolute atomic E-state index is 0.448. The number of nitrogens with two attached hydrogens (primary N) is 1. The molecule has 0 saturated heterocycles. The van der Waals surface area contributed by atoms with Crippen molar-refractivity contribution in [3.63, 3.8) is 0 Å². The average molecular weight is 240 g/mol. The molecule has 2 aromatic rings. The number of hydrogen-bond donors (Lipinski definition) is 2. The van der Waals surface area contributed by atoms with Crippen LogP contribution in [-0.2, 0) is 0 Å². The summed E-state index contributed by atoms with van der Waals surface area (Å²) < 4.78 is 0. The first-order valence-electron chi connectivity index (χ1n) is 6.41. The molecule has 0 aliphatic rings. The number of fused-ring (bicyclic) bond motifs is 1. The lowest BCUT2D eigenvalue weighted by Crippen LogP contribution is -2.20. The van der Waals surface area contributed by atoms with Crippen molar-refractivity contribution < 1.29 is 0 Å². The largest absolute Gasteiger partial charge is 0.397 e. The van der Waals surface area contributed by atoms with E-state index in [1.807, 2.05) is 18.3 Å². The third kappa shape index (κ3) is 2.83. The highest BCUT2D eigenvalue weighted by Gasteiger charge is 2.00. The first-order valence-corrected chi connectivity index (χ1v) is 6.41. The van der Waals surface area contributed by atoms with Crippen LogP contribution < -0.4 is 11.1 Å². The van der Waals surface area contributed by atoms with Crippen LogP contribution in [0.1, 0.15) is 25.8 Å². The van der Waals surface area contributed by atoms with Crippen molar-refractivity contribution in [2.75, 3.05) is 0 Å². The van der Waals surface area contributed by atoms with E-state index in [9.17, 15) is 0 Å². The minimum atomic E-state index is 0.448. The topological polar surface area (TPSA) is 38.0 Å². The molecule has 2 rings (SSSR count). The van der Waals surface area contributed by atoms with Gasteiger partial charge in [-0.05, 0) is 35.7 Å². The molecule has 0 heterocycles. The molecule has 2 heteroatoms. The van der Waals surface area contributed by atoms with Gasteiger partial charge in [0.2, 0.25) is 0 Å². The summed E-state index contributed by atoms with van der Waals surface area (Å²) in [5, 5.41) is 5.75. The second-order valence-electron chi connectivity index (χ2n) is 4.64. The molecule has 0 saturated carbocycles. The van der Waals surface area contributed by atoms with Crippen LogP contribution in [0.5, 0.6) is 0 Å². The molecule has 0 aliphatic carbocycles. The Morgan fingerprint density at radius 3 is 2.67 bits per heavy atom. The van der Waals surface area contributed by atoms with Crippen LogP contribution in [0.15, 0.2) is 48.7 Å². The van der Waals surface area contributed by atoms with E-state index in [0.29, 0.717) is 6.04 Å². The van der Waals surface area contributed by atoms with E-state index in [4.69, 9.17) is 5.73 Å². The maximum atomic E-state index is 6.09. The highest BCUT2D eigenvalue weighted by molar-refractivity contribution is 5.85. The van der Waals surface area contributed by atoms with E-state index < -0.39 is 0 Å². The minimum Gasteiger partial charge on any atom is -0.397 e. The monoisotopic (exact) mass is 240 g/mol. The lowest BCUT2D eigenvalue weighted by molar-refractivity contribution is 0.619. The molecule has 0 radical (unpaired) electrons. The summed E-state index contributed by atoms with van der Waals surface area (Å²) in [4.78, 5) is 0. The standard InChI is InChI=1S/C16H20N2/c1-3-12(2)18-11-16(17)15-9-8-13-6-4-5-7-14(13)10-15/h4-12,18H,3,17H2,1-2H3/b16-11-. The van der Waals surface area contributed by atoms with Gasteiger partial charge in [-0.3, -0.25) is 0 Å². The van der Waals surface area contributed by atoms with E-state index in [2.05, 4.69) is 49.5 Å². The molecular formula is C16H20N2. The molecule has 1 unspecified atom stereocenters. The Bertz CT molecular complexity index is 558. The van der Waals surface area contributed by atoms with Crippen molar-refractivity contribution in [2.45, 2.75) is 26.3 Å². The number of nitrogens with one attached hydrogen (secondary N) is 1. The van der Waals surface area contributed by atoms with Gasteiger partial charge >= 0.3 is 0 Å². The van der Waals surface area contributed by atoms with Crippen LogP contribution in [0.2, 0.25) is 0 Å². The lowest BCUT2D eigenvalue weighted by atomic mass is 10.1. The number of benzene rings is 2. The van der Waals surface area contributed by atoms with E-state index in [0.717, 1.165) is 17.7 Å². The molecule has 0 fully saturated rings. The van der Waals surface area contributed by atoms with E-state index >= 15 is 0 Å². The summed E-state index contributed by atoms with van der Waals surface area (Å²) in [5.41, 5.74) is 7.93. The molecule has 18 heavy (non-hydrogen) atoms. The summed E-state index contributed by atoms with van der Waals surface area (Å²) in [6, 6.07) is 15.0. The molecule has 0 amide bonds. The molecule has 1 atom stereocenters. The van der Waals surface area contributed by atoms with Gasteiger partial charge in [0.25, 0.3) is 0 Å². The second kappa shape index (κ2) is 5.58. The third-order valence-electron chi connectivity index (χ3n) is 3.22. The predicted octanol–water partition coefficient (Wildman–Crippen LogP) is 3.49. The Morgan fingerprint density at radius 2 is 1.94 bits per heavy atom. The van der Waals surface area contributed by atoms with Crippen molar-refractivity contribution in [2.24, 2.45) is 5.73 Å². The Labute approximate surface area is 109 Å². The summed E-state index contributed by atoms with van der Waals surface area (Å²) >= 11 is 0. The van der Waals surface area contributed by atoms with E-state index in [1.165, 1.54) is 10.8 Å². The van der Waals surface area contributed by atoms with Gasteiger partial charge in [-0.2, -0.15) is 0 Å². The quantitative estimate of drug-likeness (QED) is 0.858. The van der Waals surface area contributed by atoms with Gasteiger partial charge in [0.1, 0.15) is 0 Å². The second-order valence-corrected chi connectivity index (χ2v) is 4.64. The molecule has 0 bridgehead atoms. The van der Waals surface area contributed by atoms with Gasteiger partial charge in [-0.1, -0.05) is 43.3 Å². The van der Waals surface area contributed by atoms with Crippen LogP contribution in [0.4, 0.5) is 0 Å².